The van der Waals surface area contributed by atoms with Crippen molar-refractivity contribution in [2.24, 2.45) is 0 Å². The molecule has 0 bridgehead atoms. The van der Waals surface area contributed by atoms with Crippen molar-refractivity contribution in [3.8, 4) is 6.07 Å². The number of carboxylic acids is 1. The molecule has 0 fully saturated rings. The summed E-state index contributed by atoms with van der Waals surface area (Å²) in [5, 5.41) is 33.3. The van der Waals surface area contributed by atoms with Crippen molar-refractivity contribution in [1.82, 2.24) is 10.6 Å². The molecule has 8 heteroatoms. The Balaban J connectivity index is 2.21. The molecule has 0 aliphatic heterocycles. The van der Waals surface area contributed by atoms with Gasteiger partial charge in [-0.3, -0.25) is 9.59 Å². The van der Waals surface area contributed by atoms with E-state index in [9.17, 15) is 24.6 Å². The minimum atomic E-state index is -1.74. The fourth-order valence-corrected chi connectivity index (χ4v) is 2.69. The molecule has 2 aromatic carbocycles. The summed E-state index contributed by atoms with van der Waals surface area (Å²) in [6.07, 6.45) is -1.91. The number of rotatable bonds is 9. The highest BCUT2D eigenvalue weighted by molar-refractivity contribution is 5.95. The van der Waals surface area contributed by atoms with Crippen LogP contribution < -0.4 is 10.6 Å². The summed E-state index contributed by atoms with van der Waals surface area (Å²) >= 11 is 0. The maximum Gasteiger partial charge on any atom is 0.326 e. The van der Waals surface area contributed by atoms with Crippen LogP contribution in [0.2, 0.25) is 0 Å². The molecule has 0 unspecified atom stereocenters. The molecule has 29 heavy (non-hydrogen) atoms. The van der Waals surface area contributed by atoms with E-state index in [-0.39, 0.29) is 12.8 Å². The van der Waals surface area contributed by atoms with Gasteiger partial charge in [0.2, 0.25) is 0 Å². The van der Waals surface area contributed by atoms with Crippen LogP contribution >= 0.6 is 0 Å². The van der Waals surface area contributed by atoms with E-state index in [1.165, 1.54) is 0 Å². The lowest BCUT2D eigenvalue weighted by Gasteiger charge is -2.25. The highest BCUT2D eigenvalue weighted by Crippen LogP contribution is 2.18. The number of amides is 2. The average Bonchev–Trinajstić information content (AvgIpc) is 2.75. The van der Waals surface area contributed by atoms with Crippen molar-refractivity contribution < 1.29 is 24.6 Å². The molecule has 0 saturated carbocycles. The number of benzene rings is 2. The predicted octanol–water partition coefficient (Wildman–Crippen LogP) is 1.39. The fraction of sp³-hybridized carbons (Fsp3) is 0.238. The Bertz CT molecular complexity index is 880. The highest BCUT2D eigenvalue weighted by Gasteiger charge is 2.32. The monoisotopic (exact) mass is 395 g/mol. The number of nitriles is 1. The van der Waals surface area contributed by atoms with Crippen LogP contribution in [0, 0.1) is 11.3 Å². The Morgan fingerprint density at radius 3 is 2.10 bits per heavy atom. The summed E-state index contributed by atoms with van der Waals surface area (Å²) in [6, 6.07) is 16.1. The van der Waals surface area contributed by atoms with Gasteiger partial charge in [0.25, 0.3) is 11.8 Å². The number of hydrogen-bond donors (Lipinski definition) is 4. The SMILES string of the molecule is N#CCC[C@H](NC(=O)[C@H](O)[C@@H](NC(=O)c1ccccc1)c1ccccc1)C(=O)O. The Hall–Kier alpha value is -3.70. The largest absolute Gasteiger partial charge is 0.480 e. The van der Waals surface area contributed by atoms with Crippen molar-refractivity contribution in [2.75, 3.05) is 0 Å². The number of carboxylic acid groups (broad SMARTS) is 1. The van der Waals surface area contributed by atoms with Crippen LogP contribution in [0.5, 0.6) is 0 Å². The van der Waals surface area contributed by atoms with Crippen LogP contribution in [0.25, 0.3) is 0 Å². The topological polar surface area (TPSA) is 140 Å². The molecule has 2 amide bonds. The first-order valence-corrected chi connectivity index (χ1v) is 8.93. The second-order valence-corrected chi connectivity index (χ2v) is 6.27. The standard InChI is InChI=1S/C21H21N3O5/c22-13-7-12-16(21(28)29)23-20(27)18(25)17(14-8-3-1-4-9-14)24-19(26)15-10-5-2-6-11-15/h1-6,8-11,16-18,25H,7,12H2,(H,23,27)(H,24,26)(H,28,29)/t16-,17-,18+/m0/s1. The molecule has 0 heterocycles. The van der Waals surface area contributed by atoms with Gasteiger partial charge in [-0.25, -0.2) is 4.79 Å². The first kappa shape index (κ1) is 21.6. The van der Waals surface area contributed by atoms with Crippen molar-refractivity contribution in [3.05, 3.63) is 71.8 Å². The summed E-state index contributed by atoms with van der Waals surface area (Å²) in [7, 11) is 0. The number of aliphatic hydroxyl groups excluding tert-OH is 1. The molecule has 4 N–H and O–H groups in total. The fourth-order valence-electron chi connectivity index (χ4n) is 2.69. The molecule has 3 atom stereocenters. The van der Waals surface area contributed by atoms with Crippen molar-refractivity contribution in [3.63, 3.8) is 0 Å². The summed E-state index contributed by atoms with van der Waals surface area (Å²) in [5.41, 5.74) is 0.821. The van der Waals surface area contributed by atoms with Gasteiger partial charge in [-0.2, -0.15) is 5.26 Å². The number of hydrogen-bond acceptors (Lipinski definition) is 5. The van der Waals surface area contributed by atoms with E-state index in [1.807, 2.05) is 6.07 Å². The zero-order valence-electron chi connectivity index (χ0n) is 15.5. The zero-order valence-corrected chi connectivity index (χ0v) is 15.5. The Labute approximate surface area is 167 Å². The number of carbonyl (C=O) groups is 3. The van der Waals surface area contributed by atoms with Gasteiger partial charge in [-0.05, 0) is 24.1 Å². The van der Waals surface area contributed by atoms with Gasteiger partial charge in [0.1, 0.15) is 6.04 Å². The maximum atomic E-state index is 12.5. The van der Waals surface area contributed by atoms with Gasteiger partial charge in [0.15, 0.2) is 6.10 Å². The molecule has 0 aromatic heterocycles. The van der Waals surface area contributed by atoms with E-state index in [2.05, 4.69) is 10.6 Å². The van der Waals surface area contributed by atoms with Gasteiger partial charge in [-0.1, -0.05) is 48.5 Å². The maximum absolute atomic E-state index is 12.5. The average molecular weight is 395 g/mol. The van der Waals surface area contributed by atoms with Crippen LogP contribution in [0.3, 0.4) is 0 Å². The summed E-state index contributed by atoms with van der Waals surface area (Å²) in [6.45, 7) is 0. The van der Waals surface area contributed by atoms with Gasteiger partial charge in [0.05, 0.1) is 12.1 Å². The first-order valence-electron chi connectivity index (χ1n) is 8.93. The second kappa shape index (κ2) is 10.6. The second-order valence-electron chi connectivity index (χ2n) is 6.27. The van der Waals surface area contributed by atoms with E-state index >= 15 is 0 Å². The first-order chi connectivity index (χ1) is 13.9. The molecular weight excluding hydrogens is 374 g/mol. The van der Waals surface area contributed by atoms with Crippen LogP contribution in [-0.4, -0.2) is 40.1 Å². The van der Waals surface area contributed by atoms with Crippen molar-refractivity contribution in [2.45, 2.75) is 31.0 Å². The molecular formula is C21H21N3O5. The van der Waals surface area contributed by atoms with E-state index in [4.69, 9.17) is 5.26 Å². The number of nitrogens with zero attached hydrogens (tertiary/aromatic N) is 1. The molecule has 8 nitrogen and oxygen atoms in total. The summed E-state index contributed by atoms with van der Waals surface area (Å²) < 4.78 is 0. The molecule has 0 spiro atoms. The summed E-state index contributed by atoms with van der Waals surface area (Å²) in [5.74, 6) is -2.77. The van der Waals surface area contributed by atoms with Gasteiger partial charge >= 0.3 is 5.97 Å². The molecule has 0 saturated heterocycles. The molecule has 2 rings (SSSR count). The lowest BCUT2D eigenvalue weighted by atomic mass is 9.99. The Morgan fingerprint density at radius 2 is 1.55 bits per heavy atom. The molecule has 2 aromatic rings. The van der Waals surface area contributed by atoms with Crippen LogP contribution in [0.1, 0.15) is 34.8 Å². The van der Waals surface area contributed by atoms with Crippen LogP contribution in [0.15, 0.2) is 60.7 Å². The van der Waals surface area contributed by atoms with E-state index < -0.39 is 36.0 Å². The Kier molecular flexibility index (Phi) is 7.88. The highest BCUT2D eigenvalue weighted by atomic mass is 16.4. The normalized spacial score (nSPS) is 13.4. The number of nitrogens with one attached hydrogen (secondary N) is 2. The van der Waals surface area contributed by atoms with Gasteiger partial charge < -0.3 is 20.8 Å². The van der Waals surface area contributed by atoms with Crippen LogP contribution in [-0.2, 0) is 9.59 Å². The quantitative estimate of drug-likeness (QED) is 0.506. The lowest BCUT2D eigenvalue weighted by molar-refractivity contribution is -0.144. The van der Waals surface area contributed by atoms with E-state index in [0.717, 1.165) is 0 Å². The molecule has 0 aliphatic carbocycles. The summed E-state index contributed by atoms with van der Waals surface area (Å²) in [4.78, 5) is 36.3. The van der Waals surface area contributed by atoms with Crippen LogP contribution in [0.4, 0.5) is 0 Å². The third kappa shape index (κ3) is 6.16. The number of aliphatic carboxylic acids is 1. The molecule has 0 radical (unpaired) electrons. The van der Waals surface area contributed by atoms with Crippen molar-refractivity contribution in [1.29, 1.82) is 5.26 Å². The zero-order chi connectivity index (χ0) is 21.2. The predicted molar refractivity (Wildman–Crippen MR) is 104 cm³/mol. The number of carbonyl (C=O) groups excluding carboxylic acids is 2. The Morgan fingerprint density at radius 1 is 0.966 bits per heavy atom. The third-order valence-electron chi connectivity index (χ3n) is 4.23. The third-order valence-corrected chi connectivity index (χ3v) is 4.23. The van der Waals surface area contributed by atoms with Crippen molar-refractivity contribution >= 4 is 17.8 Å². The molecule has 0 aliphatic rings. The molecule has 150 valence electrons. The lowest BCUT2D eigenvalue weighted by Crippen LogP contribution is -2.50. The van der Waals surface area contributed by atoms with Gasteiger partial charge in [0, 0.05) is 12.0 Å². The van der Waals surface area contributed by atoms with Gasteiger partial charge in [-0.15, -0.1) is 0 Å². The smallest absolute Gasteiger partial charge is 0.326 e. The van der Waals surface area contributed by atoms with E-state index in [0.29, 0.717) is 11.1 Å². The van der Waals surface area contributed by atoms with E-state index in [1.54, 1.807) is 60.7 Å². The minimum absolute atomic E-state index is 0.0692. The minimum Gasteiger partial charge on any atom is -0.480 e. The number of aliphatic hydroxyl groups is 1.